The molecule has 0 unspecified atom stereocenters. The summed E-state index contributed by atoms with van der Waals surface area (Å²) in [5.41, 5.74) is 1.01. The van der Waals surface area contributed by atoms with Crippen LogP contribution in [-0.2, 0) is 10.2 Å². The number of hydrogen-bond acceptors (Lipinski definition) is 2. The highest BCUT2D eigenvalue weighted by Gasteiger charge is 2.70. The summed E-state index contributed by atoms with van der Waals surface area (Å²) in [5, 5.41) is 3.80. The fourth-order valence-electron chi connectivity index (χ4n) is 6.62. The molecule has 1 saturated carbocycles. The SMILES string of the molecule is CCN1C[C@H](c2cccc(Cl)c2F)[C@]2(C(=O)Nc3cc(Cl)ccc32)C12CCCCC2. The Morgan fingerprint density at radius 3 is 2.67 bits per heavy atom. The molecule has 2 aromatic carbocycles. The maximum Gasteiger partial charge on any atom is 0.237 e. The number of anilines is 1. The van der Waals surface area contributed by atoms with Crippen LogP contribution in [0.3, 0.4) is 0 Å². The molecule has 2 aromatic rings. The average molecular weight is 447 g/mol. The van der Waals surface area contributed by atoms with Crippen LogP contribution in [0.4, 0.5) is 10.1 Å². The van der Waals surface area contributed by atoms with Gasteiger partial charge in [-0.15, -0.1) is 0 Å². The van der Waals surface area contributed by atoms with Crippen molar-refractivity contribution in [1.29, 1.82) is 0 Å². The summed E-state index contributed by atoms with van der Waals surface area (Å²) >= 11 is 12.4. The molecule has 3 nitrogen and oxygen atoms in total. The normalized spacial score (nSPS) is 27.6. The largest absolute Gasteiger partial charge is 0.325 e. The second-order valence-corrected chi connectivity index (χ2v) is 9.62. The standard InChI is InChI=1S/C24H25Cl2FN2O/c1-2-29-14-18(16-7-6-8-19(26)21(16)27)24(23(29)11-4-3-5-12-23)17-10-9-15(25)13-20(17)28-22(24)30/h6-10,13,18H,2-5,11-12,14H2,1H3,(H,28,30)/t18-,24-/m1/s1. The van der Waals surface area contributed by atoms with Crippen molar-refractivity contribution in [1.82, 2.24) is 4.90 Å². The summed E-state index contributed by atoms with van der Waals surface area (Å²) in [6, 6.07) is 10.8. The topological polar surface area (TPSA) is 32.3 Å². The van der Waals surface area contributed by atoms with E-state index >= 15 is 4.39 Å². The molecular formula is C24H25Cl2FN2O. The molecule has 1 amide bonds. The van der Waals surface area contributed by atoms with Gasteiger partial charge < -0.3 is 5.32 Å². The molecule has 0 radical (unpaired) electrons. The van der Waals surface area contributed by atoms with Crippen LogP contribution < -0.4 is 5.32 Å². The van der Waals surface area contributed by atoms with E-state index in [4.69, 9.17) is 23.2 Å². The van der Waals surface area contributed by atoms with Crippen LogP contribution in [0.2, 0.25) is 10.0 Å². The highest BCUT2D eigenvalue weighted by Crippen LogP contribution is 2.64. The fourth-order valence-corrected chi connectivity index (χ4v) is 6.97. The zero-order valence-corrected chi connectivity index (χ0v) is 18.5. The van der Waals surface area contributed by atoms with Crippen molar-refractivity contribution in [3.8, 4) is 0 Å². The van der Waals surface area contributed by atoms with Gasteiger partial charge >= 0.3 is 0 Å². The molecule has 1 N–H and O–H groups in total. The van der Waals surface area contributed by atoms with Gasteiger partial charge in [-0.25, -0.2) is 4.39 Å². The molecule has 2 fully saturated rings. The number of rotatable bonds is 2. The van der Waals surface area contributed by atoms with Gasteiger partial charge in [0.15, 0.2) is 0 Å². The lowest BCUT2D eigenvalue weighted by molar-refractivity contribution is -0.126. The van der Waals surface area contributed by atoms with E-state index in [2.05, 4.69) is 17.1 Å². The fraction of sp³-hybridized carbons (Fsp3) is 0.458. The Kier molecular flexibility index (Phi) is 4.88. The Morgan fingerprint density at radius 2 is 1.93 bits per heavy atom. The maximum absolute atomic E-state index is 15.3. The number of amides is 1. The lowest BCUT2D eigenvalue weighted by atomic mass is 9.56. The number of nitrogens with one attached hydrogen (secondary N) is 1. The maximum atomic E-state index is 15.3. The van der Waals surface area contributed by atoms with Gasteiger partial charge in [-0.1, -0.05) is 67.6 Å². The lowest BCUT2D eigenvalue weighted by Gasteiger charge is -2.50. The molecule has 1 aliphatic carbocycles. The predicted octanol–water partition coefficient (Wildman–Crippen LogP) is 6.14. The number of likely N-dealkylation sites (N-methyl/N-ethyl adjacent to an activating group) is 1. The number of nitrogens with zero attached hydrogens (tertiary/aromatic N) is 1. The number of fused-ring (bicyclic) bond motifs is 3. The zero-order chi connectivity index (χ0) is 21.1. The number of halogens is 3. The Bertz CT molecular complexity index is 1020. The van der Waals surface area contributed by atoms with Crippen molar-refractivity contribution >= 4 is 34.8 Å². The first kappa shape index (κ1) is 20.3. The lowest BCUT2D eigenvalue weighted by Crippen LogP contribution is -2.61. The number of hydrogen-bond donors (Lipinski definition) is 1. The van der Waals surface area contributed by atoms with E-state index in [0.29, 0.717) is 17.1 Å². The number of benzene rings is 2. The van der Waals surface area contributed by atoms with Crippen molar-refractivity contribution in [2.75, 3.05) is 18.4 Å². The van der Waals surface area contributed by atoms with Crippen LogP contribution in [0.5, 0.6) is 0 Å². The number of carbonyl (C=O) groups excluding carboxylic acids is 1. The van der Waals surface area contributed by atoms with Crippen LogP contribution in [0.25, 0.3) is 0 Å². The van der Waals surface area contributed by atoms with E-state index in [1.807, 2.05) is 18.2 Å². The Hall–Kier alpha value is -1.62. The average Bonchev–Trinajstić information content (AvgIpc) is 3.18. The summed E-state index contributed by atoms with van der Waals surface area (Å²) in [4.78, 5) is 16.4. The summed E-state index contributed by atoms with van der Waals surface area (Å²) in [5.74, 6) is -0.777. The summed E-state index contributed by atoms with van der Waals surface area (Å²) in [6.07, 6.45) is 5.16. The van der Waals surface area contributed by atoms with Crippen LogP contribution in [0.1, 0.15) is 56.1 Å². The molecule has 6 heteroatoms. The van der Waals surface area contributed by atoms with Crippen molar-refractivity contribution in [3.63, 3.8) is 0 Å². The van der Waals surface area contributed by atoms with Crippen molar-refractivity contribution in [2.24, 2.45) is 0 Å². The molecule has 2 atom stereocenters. The third-order valence-corrected chi connectivity index (χ3v) is 8.22. The smallest absolute Gasteiger partial charge is 0.237 e. The van der Waals surface area contributed by atoms with E-state index in [9.17, 15) is 4.79 Å². The molecule has 5 rings (SSSR count). The van der Waals surface area contributed by atoms with Crippen molar-refractivity contribution < 1.29 is 9.18 Å². The molecule has 0 bridgehead atoms. The molecule has 0 aromatic heterocycles. The number of carbonyl (C=O) groups is 1. The summed E-state index contributed by atoms with van der Waals surface area (Å²) < 4.78 is 15.3. The van der Waals surface area contributed by atoms with Crippen molar-refractivity contribution in [2.45, 2.75) is 55.9 Å². The highest BCUT2D eigenvalue weighted by atomic mass is 35.5. The minimum Gasteiger partial charge on any atom is -0.325 e. The van der Waals surface area contributed by atoms with Gasteiger partial charge in [-0.3, -0.25) is 9.69 Å². The summed E-state index contributed by atoms with van der Waals surface area (Å²) in [7, 11) is 0. The van der Waals surface area contributed by atoms with Crippen LogP contribution >= 0.6 is 23.2 Å². The second-order valence-electron chi connectivity index (χ2n) is 8.78. The predicted molar refractivity (Wildman–Crippen MR) is 119 cm³/mol. The van der Waals surface area contributed by atoms with E-state index < -0.39 is 11.2 Å². The quantitative estimate of drug-likeness (QED) is 0.600. The molecule has 158 valence electrons. The second kappa shape index (κ2) is 7.22. The van der Waals surface area contributed by atoms with E-state index in [-0.39, 0.29) is 22.4 Å². The van der Waals surface area contributed by atoms with E-state index in [1.54, 1.807) is 18.2 Å². The highest BCUT2D eigenvalue weighted by molar-refractivity contribution is 6.31. The third kappa shape index (κ3) is 2.50. The minimum absolute atomic E-state index is 0.0398. The molecular weight excluding hydrogens is 422 g/mol. The molecule has 2 spiro atoms. The van der Waals surface area contributed by atoms with Crippen LogP contribution in [0, 0.1) is 5.82 Å². The monoisotopic (exact) mass is 446 g/mol. The van der Waals surface area contributed by atoms with E-state index in [0.717, 1.165) is 43.5 Å². The first-order valence-electron chi connectivity index (χ1n) is 10.8. The first-order chi connectivity index (χ1) is 14.5. The van der Waals surface area contributed by atoms with Gasteiger partial charge in [0.1, 0.15) is 11.2 Å². The third-order valence-electron chi connectivity index (χ3n) is 7.70. The van der Waals surface area contributed by atoms with Gasteiger partial charge in [0.2, 0.25) is 5.91 Å². The van der Waals surface area contributed by atoms with Gasteiger partial charge in [0, 0.05) is 28.7 Å². The van der Waals surface area contributed by atoms with Gasteiger partial charge in [0.25, 0.3) is 0 Å². The Balaban J connectivity index is 1.82. The molecule has 30 heavy (non-hydrogen) atoms. The molecule has 2 heterocycles. The summed E-state index contributed by atoms with van der Waals surface area (Å²) in [6.45, 7) is 3.58. The molecule has 3 aliphatic rings. The minimum atomic E-state index is -0.866. The molecule has 1 saturated heterocycles. The van der Waals surface area contributed by atoms with Crippen LogP contribution in [0.15, 0.2) is 36.4 Å². The van der Waals surface area contributed by atoms with Gasteiger partial charge in [0.05, 0.1) is 5.02 Å². The first-order valence-corrected chi connectivity index (χ1v) is 11.5. The zero-order valence-electron chi connectivity index (χ0n) is 17.0. The number of likely N-dealkylation sites (tertiary alicyclic amines) is 1. The Labute approximate surface area is 186 Å². The molecule has 2 aliphatic heterocycles. The van der Waals surface area contributed by atoms with E-state index in [1.165, 1.54) is 6.42 Å². The van der Waals surface area contributed by atoms with Gasteiger partial charge in [-0.05, 0) is 48.7 Å². The Morgan fingerprint density at radius 1 is 1.17 bits per heavy atom. The van der Waals surface area contributed by atoms with Crippen molar-refractivity contribution in [3.05, 3.63) is 63.4 Å². The van der Waals surface area contributed by atoms with Crippen LogP contribution in [-0.4, -0.2) is 29.4 Å². The van der Waals surface area contributed by atoms with Gasteiger partial charge in [-0.2, -0.15) is 0 Å².